The Labute approximate surface area is 383 Å². The third-order valence-corrected chi connectivity index (χ3v) is 12.4. The maximum absolute atomic E-state index is 10.5. The van der Waals surface area contributed by atoms with Gasteiger partial charge in [-0.25, -0.2) is 9.97 Å². The molecule has 0 spiro atoms. The molecule has 0 amide bonds. The molecule has 0 fully saturated rings. The van der Waals surface area contributed by atoms with Gasteiger partial charge in [-0.15, -0.1) is 0 Å². The first kappa shape index (κ1) is 40.5. The molecule has 66 heavy (non-hydrogen) atoms. The van der Waals surface area contributed by atoms with Gasteiger partial charge in [-0.1, -0.05) is 164 Å². The summed E-state index contributed by atoms with van der Waals surface area (Å²) in [4.78, 5) is 21.3. The van der Waals surface area contributed by atoms with Crippen LogP contribution in [-0.4, -0.2) is 43.6 Å². The number of H-pyrrole nitrogens is 2. The highest BCUT2D eigenvalue weighted by Crippen LogP contribution is 2.41. The number of nitrogens with one attached hydrogen (secondary N) is 2. The van der Waals surface area contributed by atoms with Gasteiger partial charge in [0, 0.05) is 63.1 Å². The average molecular weight is 854 g/mol. The Hall–Kier alpha value is -8.30. The minimum absolute atomic E-state index is 0.419. The zero-order chi connectivity index (χ0) is 44.4. The van der Waals surface area contributed by atoms with Gasteiger partial charge < -0.3 is 24.9 Å². The van der Waals surface area contributed by atoms with Crippen molar-refractivity contribution < 1.29 is 10.0 Å². The number of para-hydroxylation sites is 1. The van der Waals surface area contributed by atoms with Gasteiger partial charge in [0.25, 0.3) is 0 Å². The first-order valence-electron chi connectivity index (χ1n) is 22.2. The first-order valence-corrected chi connectivity index (χ1v) is 22.2. The highest BCUT2D eigenvalue weighted by atomic mass is 16.4. The van der Waals surface area contributed by atoms with E-state index >= 15 is 0 Å². The third-order valence-electron chi connectivity index (χ3n) is 12.4. The van der Waals surface area contributed by atoms with Crippen LogP contribution in [0.3, 0.4) is 0 Å². The number of aromatic amines is 2. The lowest BCUT2D eigenvalue weighted by Gasteiger charge is -2.27. The lowest BCUT2D eigenvalue weighted by molar-refractivity contribution is 0.425. The molecule has 2 aliphatic rings. The largest absolute Gasteiger partial charge is 0.488 e. The molecule has 2 aliphatic heterocycles. The van der Waals surface area contributed by atoms with E-state index in [-0.39, 0.29) is 0 Å². The smallest absolute Gasteiger partial charge is 0.423 e. The number of hydrogen-bond donors (Lipinski definition) is 4. The van der Waals surface area contributed by atoms with Gasteiger partial charge >= 0.3 is 7.12 Å². The van der Waals surface area contributed by atoms with Gasteiger partial charge in [0.1, 0.15) is 0 Å². The fourth-order valence-corrected chi connectivity index (χ4v) is 9.32. The lowest BCUT2D eigenvalue weighted by atomic mass is 9.77. The van der Waals surface area contributed by atoms with Crippen molar-refractivity contribution in [2.24, 2.45) is 0 Å². The first-order chi connectivity index (χ1) is 32.6. The third kappa shape index (κ3) is 7.85. The van der Waals surface area contributed by atoms with E-state index in [2.05, 4.69) is 167 Å². The van der Waals surface area contributed by atoms with Crippen molar-refractivity contribution >= 4 is 64.1 Å². The number of aromatic nitrogens is 4. The predicted octanol–water partition coefficient (Wildman–Crippen LogP) is 12.1. The maximum atomic E-state index is 10.5. The van der Waals surface area contributed by atoms with Gasteiger partial charge in [-0.2, -0.15) is 0 Å². The minimum atomic E-state index is -1.61. The van der Waals surface area contributed by atoms with Crippen molar-refractivity contribution in [3.8, 4) is 44.5 Å². The average Bonchev–Trinajstić information content (AvgIpc) is 4.21. The van der Waals surface area contributed by atoms with E-state index < -0.39 is 7.12 Å². The molecule has 7 nitrogen and oxygen atoms in total. The number of nitrogens with zero attached hydrogens (tertiary/aromatic N) is 3. The minimum Gasteiger partial charge on any atom is -0.423 e. The van der Waals surface area contributed by atoms with Crippen molar-refractivity contribution in [1.82, 2.24) is 19.9 Å². The summed E-state index contributed by atoms with van der Waals surface area (Å²) in [6.07, 6.45) is 6.49. The van der Waals surface area contributed by atoms with Crippen LogP contribution in [0.25, 0.3) is 90.4 Å². The molecule has 5 heterocycles. The van der Waals surface area contributed by atoms with E-state index in [0.29, 0.717) is 18.6 Å². The van der Waals surface area contributed by atoms with E-state index in [1.54, 1.807) is 6.07 Å². The van der Waals surface area contributed by atoms with Crippen LogP contribution >= 0.6 is 0 Å². The number of benzene rings is 6. The number of anilines is 1. The molecule has 0 saturated heterocycles. The molecule has 316 valence electrons. The standard InChI is InChI=1S/C58H44BN5O2/c65-59(66)46-29-17-16-26-43(46)37-64(45-27-14-5-15-28-45)38-44-36-53-56(41-22-10-3-11-23-41)51-33-32-49(61-51)54(39-18-6-1-7-19-39)47-30-31-48(60-47)55(40-20-8-2-9-21-40)50-34-35-52(62-50)57(58(44)63-53)42-24-12-4-13-25-42/h1-36,61-62,65-66H,37-38H2. The van der Waals surface area contributed by atoms with Crippen LogP contribution in [0.15, 0.2) is 200 Å². The van der Waals surface area contributed by atoms with Gasteiger partial charge in [-0.3, -0.25) is 0 Å². The van der Waals surface area contributed by atoms with Crippen LogP contribution in [0, 0.1) is 0 Å². The summed E-state index contributed by atoms with van der Waals surface area (Å²) in [7, 11) is -1.61. The molecule has 6 aromatic carbocycles. The van der Waals surface area contributed by atoms with E-state index in [0.717, 1.165) is 106 Å². The summed E-state index contributed by atoms with van der Waals surface area (Å²) in [5, 5.41) is 21.0. The Morgan fingerprint density at radius 3 is 1.30 bits per heavy atom. The number of fused-ring (bicyclic) bond motifs is 8. The second-order valence-corrected chi connectivity index (χ2v) is 16.5. The van der Waals surface area contributed by atoms with Crippen LogP contribution < -0.4 is 10.4 Å². The Bertz CT molecular complexity index is 3440. The number of rotatable bonds is 10. The molecule has 0 saturated carbocycles. The summed E-state index contributed by atoms with van der Waals surface area (Å²) in [5.41, 5.74) is 18.4. The van der Waals surface area contributed by atoms with E-state index in [1.807, 2.05) is 60.7 Å². The normalized spacial score (nSPS) is 11.9. The summed E-state index contributed by atoms with van der Waals surface area (Å²) in [6.45, 7) is 0.875. The van der Waals surface area contributed by atoms with Crippen LogP contribution in [-0.2, 0) is 6.54 Å². The molecule has 4 N–H and O–H groups in total. The molecule has 0 atom stereocenters. The van der Waals surface area contributed by atoms with Crippen molar-refractivity contribution in [2.75, 3.05) is 11.4 Å². The second kappa shape index (κ2) is 17.7. The van der Waals surface area contributed by atoms with Gasteiger partial charge in [0.2, 0.25) is 0 Å². The Morgan fingerprint density at radius 1 is 0.409 bits per heavy atom. The monoisotopic (exact) mass is 853 g/mol. The topological polar surface area (TPSA) is 101 Å². The quantitative estimate of drug-likeness (QED) is 0.103. The van der Waals surface area contributed by atoms with Gasteiger partial charge in [0.05, 0.1) is 22.8 Å². The zero-order valence-electron chi connectivity index (χ0n) is 36.0. The molecular formula is C58H44BN5O2. The lowest BCUT2D eigenvalue weighted by Crippen LogP contribution is -2.36. The Balaban J connectivity index is 1.27. The van der Waals surface area contributed by atoms with Crippen LogP contribution in [0.4, 0.5) is 5.69 Å². The summed E-state index contributed by atoms with van der Waals surface area (Å²) in [6, 6.07) is 68.3. The summed E-state index contributed by atoms with van der Waals surface area (Å²) in [5.74, 6) is 0. The maximum Gasteiger partial charge on any atom is 0.488 e. The zero-order valence-corrected chi connectivity index (χ0v) is 36.0. The predicted molar refractivity (Wildman–Crippen MR) is 273 cm³/mol. The molecule has 0 aliphatic carbocycles. The molecule has 0 radical (unpaired) electrons. The van der Waals surface area contributed by atoms with Gasteiger partial charge in [0.15, 0.2) is 0 Å². The van der Waals surface area contributed by atoms with Crippen molar-refractivity contribution in [3.05, 3.63) is 229 Å². The fourth-order valence-electron chi connectivity index (χ4n) is 9.32. The highest BCUT2D eigenvalue weighted by Gasteiger charge is 2.25. The molecule has 8 heteroatoms. The highest BCUT2D eigenvalue weighted by molar-refractivity contribution is 6.59. The van der Waals surface area contributed by atoms with Crippen molar-refractivity contribution in [3.63, 3.8) is 0 Å². The molecular weight excluding hydrogens is 809 g/mol. The van der Waals surface area contributed by atoms with Crippen LogP contribution in [0.1, 0.15) is 28.3 Å². The van der Waals surface area contributed by atoms with Crippen molar-refractivity contribution in [1.29, 1.82) is 0 Å². The SMILES string of the molecule is OB(O)c1ccccc1CN(CC1=Cc2nc1c(-c1ccccc1)c1ccc([nH]1)c(-c1ccccc1)c1nc(c(-c3ccccc3)c3ccc([nH]3)c2-c2ccccc2)C=C1)c1ccccc1. The number of hydrogen-bond acceptors (Lipinski definition) is 5. The molecule has 3 aromatic heterocycles. The summed E-state index contributed by atoms with van der Waals surface area (Å²) >= 11 is 0. The van der Waals surface area contributed by atoms with Gasteiger partial charge in [-0.05, 0) is 93.5 Å². The Morgan fingerprint density at radius 2 is 0.818 bits per heavy atom. The molecule has 8 bridgehead atoms. The molecule has 11 rings (SSSR count). The van der Waals surface area contributed by atoms with E-state index in [1.165, 1.54) is 0 Å². The van der Waals surface area contributed by atoms with Crippen molar-refractivity contribution in [2.45, 2.75) is 6.54 Å². The van der Waals surface area contributed by atoms with E-state index in [9.17, 15) is 10.0 Å². The summed E-state index contributed by atoms with van der Waals surface area (Å²) < 4.78 is 0. The molecule has 0 unspecified atom stereocenters. The fraction of sp³-hybridized carbons (Fsp3) is 0.0345. The van der Waals surface area contributed by atoms with E-state index in [4.69, 9.17) is 9.97 Å². The van der Waals surface area contributed by atoms with Crippen LogP contribution in [0.2, 0.25) is 0 Å². The Kier molecular flexibility index (Phi) is 10.9. The van der Waals surface area contributed by atoms with Crippen LogP contribution in [0.5, 0.6) is 0 Å². The molecule has 9 aromatic rings. The second-order valence-electron chi connectivity index (χ2n) is 16.5.